The minimum Gasteiger partial charge on any atom is -0.274 e. The van der Waals surface area contributed by atoms with Crippen LogP contribution in [0.2, 0.25) is 0 Å². The molecule has 1 aromatic carbocycles. The molecule has 2 unspecified atom stereocenters. The summed E-state index contributed by atoms with van der Waals surface area (Å²) < 4.78 is 0.960. The van der Waals surface area contributed by atoms with Gasteiger partial charge in [0.25, 0.3) is 0 Å². The maximum absolute atomic E-state index is 12.2. The predicted octanol–water partition coefficient (Wildman–Crippen LogP) is 3.21. The number of hydrogen-bond donors (Lipinski definition) is 0. The van der Waals surface area contributed by atoms with Crippen molar-refractivity contribution in [3.05, 3.63) is 27.7 Å². The van der Waals surface area contributed by atoms with E-state index in [1.807, 2.05) is 39.8 Å². The number of benzene rings is 1. The number of halogens is 1. The van der Waals surface area contributed by atoms with Crippen molar-refractivity contribution in [1.82, 2.24) is 0 Å². The van der Waals surface area contributed by atoms with Crippen LogP contribution in [0.4, 0.5) is 5.69 Å². The molecule has 18 heavy (non-hydrogen) atoms. The highest BCUT2D eigenvalue weighted by atomic mass is 79.9. The molecule has 0 N–H and O–H groups in total. The summed E-state index contributed by atoms with van der Waals surface area (Å²) in [5.74, 6) is -0.665. The maximum Gasteiger partial charge on any atom is 0.237 e. The molecule has 1 aliphatic rings. The van der Waals surface area contributed by atoms with E-state index in [0.717, 1.165) is 21.3 Å². The first-order valence-corrected chi connectivity index (χ1v) is 6.78. The molecule has 0 saturated carbocycles. The lowest BCUT2D eigenvalue weighted by Gasteiger charge is -2.20. The van der Waals surface area contributed by atoms with Gasteiger partial charge in [-0.1, -0.05) is 29.8 Å². The van der Waals surface area contributed by atoms with E-state index in [1.54, 1.807) is 0 Å². The Morgan fingerprint density at radius 2 is 1.39 bits per heavy atom. The van der Waals surface area contributed by atoms with Gasteiger partial charge in [0.1, 0.15) is 0 Å². The molecule has 0 bridgehead atoms. The fourth-order valence-electron chi connectivity index (χ4n) is 2.42. The fraction of sp³-hybridized carbons (Fsp3) is 0.429. The van der Waals surface area contributed by atoms with Crippen LogP contribution in [0.5, 0.6) is 0 Å². The second kappa shape index (κ2) is 4.50. The molecule has 1 aromatic rings. The summed E-state index contributed by atoms with van der Waals surface area (Å²) in [6, 6.07) is 3.85. The largest absolute Gasteiger partial charge is 0.274 e. The molecule has 0 radical (unpaired) electrons. The van der Waals surface area contributed by atoms with Gasteiger partial charge in [0, 0.05) is 16.3 Å². The topological polar surface area (TPSA) is 37.4 Å². The van der Waals surface area contributed by atoms with Crippen LogP contribution in [-0.4, -0.2) is 11.8 Å². The van der Waals surface area contributed by atoms with Gasteiger partial charge in [-0.05, 0) is 37.1 Å². The number of aryl methyl sites for hydroxylation is 2. The summed E-state index contributed by atoms with van der Waals surface area (Å²) in [4.78, 5) is 25.8. The average Bonchev–Trinajstić information content (AvgIpc) is 2.45. The molecule has 0 spiro atoms. The highest BCUT2D eigenvalue weighted by molar-refractivity contribution is 9.10. The molecule has 2 rings (SSSR count). The number of carbonyl (C=O) groups excluding carboxylic acids is 2. The lowest BCUT2D eigenvalue weighted by atomic mass is 10.00. The highest BCUT2D eigenvalue weighted by Gasteiger charge is 2.43. The van der Waals surface area contributed by atoms with Gasteiger partial charge in [0.05, 0.1) is 5.69 Å². The molecule has 3 nitrogen and oxygen atoms in total. The highest BCUT2D eigenvalue weighted by Crippen LogP contribution is 2.35. The first-order valence-electron chi connectivity index (χ1n) is 5.99. The fourth-order valence-corrected chi connectivity index (χ4v) is 3.11. The molecule has 1 fully saturated rings. The van der Waals surface area contributed by atoms with Crippen LogP contribution in [-0.2, 0) is 9.59 Å². The van der Waals surface area contributed by atoms with E-state index in [9.17, 15) is 9.59 Å². The number of rotatable bonds is 1. The first-order chi connectivity index (χ1) is 8.34. The SMILES string of the molecule is Cc1cc(Br)cc(C)c1N1C(=O)C(C)C(C)C1=O. The van der Waals surface area contributed by atoms with Crippen molar-refractivity contribution in [2.45, 2.75) is 27.7 Å². The summed E-state index contributed by atoms with van der Waals surface area (Å²) >= 11 is 3.42. The molecule has 1 aliphatic heterocycles. The Kier molecular flexibility index (Phi) is 3.32. The number of anilines is 1. The van der Waals surface area contributed by atoms with Crippen molar-refractivity contribution in [3.63, 3.8) is 0 Å². The van der Waals surface area contributed by atoms with Gasteiger partial charge in [-0.3, -0.25) is 9.59 Å². The van der Waals surface area contributed by atoms with Crippen molar-refractivity contribution >= 4 is 33.4 Å². The zero-order valence-corrected chi connectivity index (χ0v) is 12.5. The standard InChI is InChI=1S/C14H16BrNO2/c1-7-5-11(15)6-8(2)12(7)16-13(17)9(3)10(4)14(16)18/h5-6,9-10H,1-4H3. The quantitative estimate of drug-likeness (QED) is 0.747. The van der Waals surface area contributed by atoms with Gasteiger partial charge >= 0.3 is 0 Å². The zero-order valence-electron chi connectivity index (χ0n) is 11.0. The minimum atomic E-state index is -0.236. The monoisotopic (exact) mass is 309 g/mol. The van der Waals surface area contributed by atoms with Gasteiger partial charge in [0.2, 0.25) is 11.8 Å². The van der Waals surface area contributed by atoms with Crippen molar-refractivity contribution in [1.29, 1.82) is 0 Å². The molecule has 96 valence electrons. The molecule has 0 aliphatic carbocycles. The van der Waals surface area contributed by atoms with Crippen LogP contribution < -0.4 is 4.90 Å². The first kappa shape index (κ1) is 13.3. The summed E-state index contributed by atoms with van der Waals surface area (Å²) in [6.45, 7) is 7.46. The summed E-state index contributed by atoms with van der Waals surface area (Å²) in [5, 5.41) is 0. The number of carbonyl (C=O) groups is 2. The second-order valence-corrected chi connectivity index (χ2v) is 5.89. The Balaban J connectivity index is 2.57. The smallest absolute Gasteiger partial charge is 0.237 e. The lowest BCUT2D eigenvalue weighted by molar-refractivity contribution is -0.122. The Hall–Kier alpha value is -1.16. The minimum absolute atomic E-state index is 0.0963. The Morgan fingerprint density at radius 1 is 1.00 bits per heavy atom. The van der Waals surface area contributed by atoms with Gasteiger partial charge < -0.3 is 0 Å². The summed E-state index contributed by atoms with van der Waals surface area (Å²) in [6.07, 6.45) is 0. The number of amides is 2. The Morgan fingerprint density at radius 3 is 1.78 bits per heavy atom. The normalized spacial score (nSPS) is 23.9. The molecular weight excluding hydrogens is 294 g/mol. The van der Waals surface area contributed by atoms with Crippen LogP contribution in [0.25, 0.3) is 0 Å². The molecule has 1 heterocycles. The van der Waals surface area contributed by atoms with E-state index in [0.29, 0.717) is 0 Å². The molecule has 1 saturated heterocycles. The van der Waals surface area contributed by atoms with Crippen LogP contribution in [0, 0.1) is 25.7 Å². The molecule has 2 amide bonds. The number of hydrogen-bond acceptors (Lipinski definition) is 2. The van der Waals surface area contributed by atoms with Gasteiger partial charge in [-0.25, -0.2) is 4.90 Å². The van der Waals surface area contributed by atoms with Gasteiger partial charge in [-0.2, -0.15) is 0 Å². The van der Waals surface area contributed by atoms with Crippen LogP contribution in [0.3, 0.4) is 0 Å². The predicted molar refractivity (Wildman–Crippen MR) is 74.4 cm³/mol. The Bertz CT molecular complexity index is 496. The van der Waals surface area contributed by atoms with Gasteiger partial charge in [-0.15, -0.1) is 0 Å². The third kappa shape index (κ3) is 1.88. The van der Waals surface area contributed by atoms with Crippen LogP contribution in [0.15, 0.2) is 16.6 Å². The lowest BCUT2D eigenvalue weighted by Crippen LogP contribution is -2.32. The third-order valence-electron chi connectivity index (χ3n) is 3.65. The van der Waals surface area contributed by atoms with Crippen molar-refractivity contribution in [3.8, 4) is 0 Å². The zero-order chi connectivity index (χ0) is 13.6. The number of nitrogens with zero attached hydrogens (tertiary/aromatic N) is 1. The van der Waals surface area contributed by atoms with E-state index >= 15 is 0 Å². The van der Waals surface area contributed by atoms with E-state index < -0.39 is 0 Å². The molecular formula is C14H16BrNO2. The van der Waals surface area contributed by atoms with E-state index in [-0.39, 0.29) is 23.7 Å². The molecule has 0 aromatic heterocycles. The van der Waals surface area contributed by atoms with Crippen LogP contribution >= 0.6 is 15.9 Å². The van der Waals surface area contributed by atoms with E-state index in [1.165, 1.54) is 4.90 Å². The van der Waals surface area contributed by atoms with E-state index in [4.69, 9.17) is 0 Å². The second-order valence-electron chi connectivity index (χ2n) is 4.98. The Labute approximate surface area is 115 Å². The van der Waals surface area contributed by atoms with E-state index in [2.05, 4.69) is 15.9 Å². The van der Waals surface area contributed by atoms with Gasteiger partial charge in [0.15, 0.2) is 0 Å². The molecule has 4 heteroatoms. The summed E-state index contributed by atoms with van der Waals surface area (Å²) in [5.41, 5.74) is 2.61. The molecule has 2 atom stereocenters. The maximum atomic E-state index is 12.2. The summed E-state index contributed by atoms with van der Waals surface area (Å²) in [7, 11) is 0. The van der Waals surface area contributed by atoms with Crippen molar-refractivity contribution < 1.29 is 9.59 Å². The number of imide groups is 1. The van der Waals surface area contributed by atoms with Crippen molar-refractivity contribution in [2.24, 2.45) is 11.8 Å². The van der Waals surface area contributed by atoms with Crippen molar-refractivity contribution in [2.75, 3.05) is 4.90 Å². The van der Waals surface area contributed by atoms with Crippen LogP contribution in [0.1, 0.15) is 25.0 Å². The average molecular weight is 310 g/mol. The third-order valence-corrected chi connectivity index (χ3v) is 4.11.